The van der Waals surface area contributed by atoms with Gasteiger partial charge in [0.05, 0.1) is 10.3 Å². The Labute approximate surface area is 139 Å². The van der Waals surface area contributed by atoms with Crippen LogP contribution in [0.25, 0.3) is 0 Å². The number of nitrogens with zero attached hydrogens (tertiary/aromatic N) is 2. The molecule has 0 aliphatic heterocycles. The number of carbonyl (C=O) groups is 1. The molecule has 1 atom stereocenters. The zero-order chi connectivity index (χ0) is 16.1. The monoisotopic (exact) mass is 335 g/mol. The van der Waals surface area contributed by atoms with Gasteiger partial charge in [-0.2, -0.15) is 0 Å². The third-order valence-corrected chi connectivity index (χ3v) is 4.57. The summed E-state index contributed by atoms with van der Waals surface area (Å²) in [4.78, 5) is 18.4. The Morgan fingerprint density at radius 2 is 1.95 bits per heavy atom. The highest BCUT2D eigenvalue weighted by molar-refractivity contribution is 8.00. The van der Waals surface area contributed by atoms with Crippen molar-refractivity contribution in [3.8, 4) is 0 Å². The highest BCUT2D eigenvalue weighted by atomic mass is 35.5. The van der Waals surface area contributed by atoms with E-state index in [1.165, 1.54) is 11.8 Å². The zero-order valence-corrected chi connectivity index (χ0v) is 14.3. The molecule has 0 aliphatic rings. The van der Waals surface area contributed by atoms with Gasteiger partial charge in [-0.3, -0.25) is 4.79 Å². The Kier molecular flexibility index (Phi) is 5.69. The fourth-order valence-electron chi connectivity index (χ4n) is 1.77. The van der Waals surface area contributed by atoms with Crippen molar-refractivity contribution < 1.29 is 4.79 Å². The Balaban J connectivity index is 1.98. The van der Waals surface area contributed by atoms with Crippen molar-refractivity contribution in [2.75, 3.05) is 24.3 Å². The summed E-state index contributed by atoms with van der Waals surface area (Å²) in [5.41, 5.74) is 1.86. The van der Waals surface area contributed by atoms with E-state index in [-0.39, 0.29) is 11.2 Å². The summed E-state index contributed by atoms with van der Waals surface area (Å²) < 4.78 is 0. The first kappa shape index (κ1) is 16.6. The lowest BCUT2D eigenvalue weighted by atomic mass is 10.2. The highest BCUT2D eigenvalue weighted by Gasteiger charge is 2.16. The third kappa shape index (κ3) is 4.39. The number of amides is 1. The molecule has 1 N–H and O–H groups in total. The third-order valence-electron chi connectivity index (χ3n) is 3.03. The van der Waals surface area contributed by atoms with Gasteiger partial charge in [-0.15, -0.1) is 0 Å². The summed E-state index contributed by atoms with van der Waals surface area (Å²) in [7, 11) is 3.95. The molecule has 0 radical (unpaired) electrons. The minimum atomic E-state index is -0.291. The number of hydrogen-bond acceptors (Lipinski definition) is 4. The maximum Gasteiger partial charge on any atom is 0.237 e. The quantitative estimate of drug-likeness (QED) is 0.841. The molecule has 0 saturated heterocycles. The maximum absolute atomic E-state index is 12.2. The van der Waals surface area contributed by atoms with Gasteiger partial charge in [-0.05, 0) is 43.3 Å². The summed E-state index contributed by atoms with van der Waals surface area (Å²) in [5.74, 6) is -0.0793. The number of anilines is 2. The molecule has 0 spiro atoms. The average molecular weight is 336 g/mol. The Morgan fingerprint density at radius 3 is 2.55 bits per heavy atom. The van der Waals surface area contributed by atoms with E-state index in [0.29, 0.717) is 10.0 Å². The summed E-state index contributed by atoms with van der Waals surface area (Å²) >= 11 is 7.40. The van der Waals surface area contributed by atoms with Gasteiger partial charge in [0.1, 0.15) is 5.03 Å². The molecular formula is C16H18ClN3OS. The second-order valence-electron chi connectivity index (χ2n) is 4.98. The largest absolute Gasteiger partial charge is 0.378 e. The first-order chi connectivity index (χ1) is 10.5. The van der Waals surface area contributed by atoms with Crippen LogP contribution in [0.3, 0.4) is 0 Å². The van der Waals surface area contributed by atoms with Crippen LogP contribution in [0.4, 0.5) is 11.4 Å². The van der Waals surface area contributed by atoms with Crippen LogP contribution in [-0.2, 0) is 4.79 Å². The molecule has 1 heterocycles. The molecule has 1 aromatic carbocycles. The van der Waals surface area contributed by atoms with Gasteiger partial charge in [-0.25, -0.2) is 4.98 Å². The molecule has 22 heavy (non-hydrogen) atoms. The molecule has 1 unspecified atom stereocenters. The van der Waals surface area contributed by atoms with E-state index >= 15 is 0 Å². The number of thioether (sulfide) groups is 1. The Hall–Kier alpha value is -1.72. The molecule has 2 rings (SSSR count). The van der Waals surface area contributed by atoms with Gasteiger partial charge in [0, 0.05) is 31.7 Å². The lowest BCUT2D eigenvalue weighted by Crippen LogP contribution is -2.22. The topological polar surface area (TPSA) is 45.2 Å². The molecule has 0 bridgehead atoms. The number of nitrogens with one attached hydrogen (secondary N) is 1. The van der Waals surface area contributed by atoms with Crippen molar-refractivity contribution in [3.05, 3.63) is 47.6 Å². The minimum absolute atomic E-state index is 0.0793. The lowest BCUT2D eigenvalue weighted by Gasteiger charge is -2.14. The highest BCUT2D eigenvalue weighted by Crippen LogP contribution is 2.28. The van der Waals surface area contributed by atoms with Gasteiger partial charge in [0.15, 0.2) is 0 Å². The van der Waals surface area contributed by atoms with Gasteiger partial charge in [0.25, 0.3) is 0 Å². The molecule has 116 valence electrons. The second-order valence-corrected chi connectivity index (χ2v) is 6.72. The molecule has 6 heteroatoms. The van der Waals surface area contributed by atoms with Gasteiger partial charge < -0.3 is 10.2 Å². The first-order valence-electron chi connectivity index (χ1n) is 6.83. The summed E-state index contributed by atoms with van der Waals surface area (Å²) in [6.07, 6.45) is 1.67. The van der Waals surface area contributed by atoms with E-state index in [9.17, 15) is 4.79 Å². The number of rotatable bonds is 5. The average Bonchev–Trinajstić information content (AvgIpc) is 2.50. The van der Waals surface area contributed by atoms with E-state index in [0.717, 1.165) is 11.4 Å². The van der Waals surface area contributed by atoms with Crippen molar-refractivity contribution in [3.63, 3.8) is 0 Å². The summed E-state index contributed by atoms with van der Waals surface area (Å²) in [5, 5.41) is 3.83. The van der Waals surface area contributed by atoms with Crippen LogP contribution in [0.1, 0.15) is 6.92 Å². The van der Waals surface area contributed by atoms with Crippen molar-refractivity contribution in [1.82, 2.24) is 4.98 Å². The molecule has 0 fully saturated rings. The van der Waals surface area contributed by atoms with Crippen LogP contribution in [0.15, 0.2) is 47.6 Å². The van der Waals surface area contributed by atoms with Crippen LogP contribution in [0, 0.1) is 0 Å². The Morgan fingerprint density at radius 1 is 1.27 bits per heavy atom. The van der Waals surface area contributed by atoms with Gasteiger partial charge in [0.2, 0.25) is 5.91 Å². The van der Waals surface area contributed by atoms with E-state index in [1.54, 1.807) is 18.3 Å². The van der Waals surface area contributed by atoms with Crippen molar-refractivity contribution >= 4 is 40.6 Å². The molecule has 2 aromatic rings. The lowest BCUT2D eigenvalue weighted by molar-refractivity contribution is -0.115. The van der Waals surface area contributed by atoms with Gasteiger partial charge >= 0.3 is 0 Å². The fourth-order valence-corrected chi connectivity index (χ4v) is 2.82. The second kappa shape index (κ2) is 7.51. The molecule has 1 amide bonds. The van der Waals surface area contributed by atoms with Crippen molar-refractivity contribution in [2.45, 2.75) is 17.2 Å². The van der Waals surface area contributed by atoms with Crippen molar-refractivity contribution in [2.24, 2.45) is 0 Å². The molecule has 0 saturated carbocycles. The number of halogens is 1. The predicted molar refractivity (Wildman–Crippen MR) is 94.0 cm³/mol. The molecular weight excluding hydrogens is 318 g/mol. The molecule has 1 aromatic heterocycles. The smallest absolute Gasteiger partial charge is 0.237 e. The van der Waals surface area contributed by atoms with Crippen molar-refractivity contribution in [1.29, 1.82) is 0 Å². The van der Waals surface area contributed by atoms with E-state index < -0.39 is 0 Å². The fraction of sp³-hybridized carbons (Fsp3) is 0.250. The number of carbonyl (C=O) groups excluding carboxylic acids is 1. The first-order valence-corrected chi connectivity index (χ1v) is 8.08. The minimum Gasteiger partial charge on any atom is -0.378 e. The van der Waals surface area contributed by atoms with E-state index in [1.807, 2.05) is 50.2 Å². The maximum atomic E-state index is 12.2. The zero-order valence-electron chi connectivity index (χ0n) is 12.7. The number of hydrogen-bond donors (Lipinski definition) is 1. The number of aromatic nitrogens is 1. The SMILES string of the molecule is CC(Sc1ncccc1Cl)C(=O)Nc1ccc(N(C)C)cc1. The predicted octanol–water partition coefficient (Wildman–Crippen LogP) is 3.92. The van der Waals surface area contributed by atoms with Crippen LogP contribution >= 0.6 is 23.4 Å². The standard InChI is InChI=1S/C16H18ClN3OS/c1-11(22-16-14(17)5-4-10-18-16)15(21)19-12-6-8-13(9-7-12)20(2)3/h4-11H,1-3H3,(H,19,21). The van der Waals surface area contributed by atoms with Gasteiger partial charge in [-0.1, -0.05) is 23.4 Å². The Bertz CT molecular complexity index is 646. The molecule has 0 aliphatic carbocycles. The van der Waals surface area contributed by atoms with Crippen LogP contribution in [-0.4, -0.2) is 30.2 Å². The van der Waals surface area contributed by atoms with Crippen LogP contribution in [0.5, 0.6) is 0 Å². The van der Waals surface area contributed by atoms with Crippen LogP contribution < -0.4 is 10.2 Å². The summed E-state index contributed by atoms with van der Waals surface area (Å²) in [6, 6.07) is 11.2. The van der Waals surface area contributed by atoms with Crippen LogP contribution in [0.2, 0.25) is 5.02 Å². The summed E-state index contributed by atoms with van der Waals surface area (Å²) in [6.45, 7) is 1.83. The van der Waals surface area contributed by atoms with E-state index in [4.69, 9.17) is 11.6 Å². The molecule has 4 nitrogen and oxygen atoms in total. The number of pyridine rings is 1. The number of benzene rings is 1. The van der Waals surface area contributed by atoms with E-state index in [2.05, 4.69) is 10.3 Å². The normalized spacial score (nSPS) is 11.8.